The van der Waals surface area contributed by atoms with Gasteiger partial charge in [-0.2, -0.15) is 0 Å². The lowest BCUT2D eigenvalue weighted by atomic mass is 10.3. The van der Waals surface area contributed by atoms with E-state index in [1.807, 2.05) is 43.3 Å². The number of hydrogen-bond acceptors (Lipinski definition) is 5. The second kappa shape index (κ2) is 14.0. The number of aromatic nitrogens is 1. The Kier molecular flexibility index (Phi) is 12.0. The van der Waals surface area contributed by atoms with Gasteiger partial charge in [0.1, 0.15) is 11.5 Å². The van der Waals surface area contributed by atoms with E-state index in [0.717, 1.165) is 43.5 Å². The molecule has 0 bridgehead atoms. The van der Waals surface area contributed by atoms with Gasteiger partial charge in [-0.05, 0) is 31.0 Å². The van der Waals surface area contributed by atoms with Crippen LogP contribution in [0.4, 0.5) is 0 Å². The van der Waals surface area contributed by atoms with Crippen LogP contribution in [0.1, 0.15) is 18.9 Å². The molecule has 0 saturated carbocycles. The maximum Gasteiger partial charge on any atom is 0.219 e. The summed E-state index contributed by atoms with van der Waals surface area (Å²) in [5.41, 5.74) is 1.03. The topological polar surface area (TPSA) is 77.0 Å². The zero-order valence-electron chi connectivity index (χ0n) is 16.6. The molecular weight excluding hydrogens is 471 g/mol. The number of pyridine rings is 1. The third-order valence-electron chi connectivity index (χ3n) is 3.71. The Labute approximate surface area is 183 Å². The van der Waals surface area contributed by atoms with Crippen LogP contribution in [0.15, 0.2) is 47.6 Å². The third kappa shape index (κ3) is 8.75. The minimum atomic E-state index is 0. The van der Waals surface area contributed by atoms with E-state index in [0.29, 0.717) is 18.2 Å². The Morgan fingerprint density at radius 1 is 1.14 bits per heavy atom. The van der Waals surface area contributed by atoms with Crippen molar-refractivity contribution in [2.24, 2.45) is 4.99 Å². The van der Waals surface area contributed by atoms with Crippen LogP contribution in [0.5, 0.6) is 17.4 Å². The highest BCUT2D eigenvalue weighted by atomic mass is 127. The molecule has 0 aliphatic carbocycles. The van der Waals surface area contributed by atoms with Gasteiger partial charge in [0.05, 0.1) is 7.11 Å². The number of methoxy groups -OCH3 is 1. The molecule has 0 atom stereocenters. The van der Waals surface area contributed by atoms with Gasteiger partial charge in [-0.3, -0.25) is 4.99 Å². The number of nitrogens with zero attached hydrogens (tertiary/aromatic N) is 2. The molecule has 0 aliphatic heterocycles. The molecule has 0 saturated heterocycles. The van der Waals surface area contributed by atoms with Crippen LogP contribution in [0, 0.1) is 0 Å². The van der Waals surface area contributed by atoms with Crippen molar-refractivity contribution in [3.8, 4) is 17.4 Å². The fourth-order valence-corrected chi connectivity index (χ4v) is 2.29. The predicted octanol–water partition coefficient (Wildman–Crippen LogP) is 3.59. The molecule has 2 rings (SSSR count). The van der Waals surface area contributed by atoms with E-state index < -0.39 is 0 Å². The van der Waals surface area contributed by atoms with Crippen LogP contribution < -0.4 is 20.1 Å². The number of rotatable bonds is 10. The van der Waals surface area contributed by atoms with Crippen molar-refractivity contribution in [1.82, 2.24) is 15.6 Å². The Morgan fingerprint density at radius 2 is 1.96 bits per heavy atom. The molecule has 0 radical (unpaired) electrons. The highest BCUT2D eigenvalue weighted by molar-refractivity contribution is 14.0. The number of halogens is 1. The van der Waals surface area contributed by atoms with Crippen LogP contribution in [0.3, 0.4) is 0 Å². The number of aliphatic imine (C=N–C) groups is 1. The van der Waals surface area contributed by atoms with Gasteiger partial charge >= 0.3 is 0 Å². The van der Waals surface area contributed by atoms with Crippen LogP contribution in [-0.2, 0) is 11.3 Å². The van der Waals surface area contributed by atoms with E-state index in [2.05, 4.69) is 20.6 Å². The number of benzene rings is 1. The summed E-state index contributed by atoms with van der Waals surface area (Å²) in [5.74, 6) is 2.71. The molecule has 0 amide bonds. The smallest absolute Gasteiger partial charge is 0.219 e. The number of hydrogen-bond donors (Lipinski definition) is 2. The third-order valence-corrected chi connectivity index (χ3v) is 3.71. The molecular formula is C20H29IN4O3. The van der Waals surface area contributed by atoms with Gasteiger partial charge < -0.3 is 24.8 Å². The lowest BCUT2D eigenvalue weighted by Crippen LogP contribution is -2.37. The standard InChI is InChI=1S/C20H28N4O3.HI/c1-4-26-12-6-11-22-20(21-2)24-15-16-9-10-19(23-14-16)27-18-8-5-7-17(13-18)25-3;/h5,7-10,13-14H,4,6,11-12,15H2,1-3H3,(H2,21,22,24);1H. The molecule has 0 unspecified atom stereocenters. The lowest BCUT2D eigenvalue weighted by Gasteiger charge is -2.12. The molecule has 28 heavy (non-hydrogen) atoms. The van der Waals surface area contributed by atoms with E-state index in [1.54, 1.807) is 20.4 Å². The average Bonchev–Trinajstić information content (AvgIpc) is 2.71. The van der Waals surface area contributed by atoms with Gasteiger partial charge in [0, 0.05) is 51.7 Å². The Morgan fingerprint density at radius 3 is 2.64 bits per heavy atom. The molecule has 154 valence electrons. The van der Waals surface area contributed by atoms with E-state index in [1.165, 1.54) is 0 Å². The molecule has 0 fully saturated rings. The number of guanidine groups is 1. The van der Waals surface area contributed by atoms with Crippen molar-refractivity contribution in [1.29, 1.82) is 0 Å². The normalized spacial score (nSPS) is 10.8. The van der Waals surface area contributed by atoms with Gasteiger partial charge in [0.2, 0.25) is 5.88 Å². The Hall–Kier alpha value is -2.07. The minimum absolute atomic E-state index is 0. The van der Waals surface area contributed by atoms with E-state index in [9.17, 15) is 0 Å². The van der Waals surface area contributed by atoms with Gasteiger partial charge in [-0.25, -0.2) is 4.98 Å². The summed E-state index contributed by atoms with van der Waals surface area (Å²) >= 11 is 0. The molecule has 8 heteroatoms. The first-order chi connectivity index (χ1) is 13.2. The van der Waals surface area contributed by atoms with Crippen LogP contribution >= 0.6 is 24.0 Å². The first-order valence-corrected chi connectivity index (χ1v) is 9.04. The summed E-state index contributed by atoms with van der Waals surface area (Å²) in [6, 6.07) is 11.2. The quantitative estimate of drug-likeness (QED) is 0.225. The fourth-order valence-electron chi connectivity index (χ4n) is 2.29. The van der Waals surface area contributed by atoms with Crippen molar-refractivity contribution in [3.63, 3.8) is 0 Å². The lowest BCUT2D eigenvalue weighted by molar-refractivity contribution is 0.145. The van der Waals surface area contributed by atoms with Gasteiger partial charge in [-0.1, -0.05) is 12.1 Å². The second-order valence-electron chi connectivity index (χ2n) is 5.69. The van der Waals surface area contributed by atoms with E-state index in [-0.39, 0.29) is 24.0 Å². The van der Waals surface area contributed by atoms with E-state index >= 15 is 0 Å². The van der Waals surface area contributed by atoms with Crippen LogP contribution in [0.25, 0.3) is 0 Å². The summed E-state index contributed by atoms with van der Waals surface area (Å²) in [4.78, 5) is 8.56. The Balaban J connectivity index is 0.00000392. The van der Waals surface area contributed by atoms with Gasteiger partial charge in [-0.15, -0.1) is 24.0 Å². The van der Waals surface area contributed by atoms with Crippen molar-refractivity contribution in [2.45, 2.75) is 19.9 Å². The van der Waals surface area contributed by atoms with Gasteiger partial charge in [0.25, 0.3) is 0 Å². The number of nitrogens with one attached hydrogen (secondary N) is 2. The molecule has 0 spiro atoms. The predicted molar refractivity (Wildman–Crippen MR) is 122 cm³/mol. The molecule has 2 aromatic rings. The second-order valence-corrected chi connectivity index (χ2v) is 5.69. The van der Waals surface area contributed by atoms with Crippen molar-refractivity contribution in [2.75, 3.05) is 33.9 Å². The Bertz CT molecular complexity index is 711. The summed E-state index contributed by atoms with van der Waals surface area (Å²) in [7, 11) is 3.38. The van der Waals surface area contributed by atoms with E-state index in [4.69, 9.17) is 14.2 Å². The first-order valence-electron chi connectivity index (χ1n) is 9.04. The zero-order valence-corrected chi connectivity index (χ0v) is 18.9. The van der Waals surface area contributed by atoms with Crippen LogP contribution in [0.2, 0.25) is 0 Å². The van der Waals surface area contributed by atoms with Crippen molar-refractivity contribution < 1.29 is 14.2 Å². The molecule has 1 heterocycles. The highest BCUT2D eigenvalue weighted by Gasteiger charge is 2.02. The maximum absolute atomic E-state index is 5.75. The monoisotopic (exact) mass is 500 g/mol. The van der Waals surface area contributed by atoms with Crippen molar-refractivity contribution >= 4 is 29.9 Å². The minimum Gasteiger partial charge on any atom is -0.497 e. The molecule has 1 aromatic carbocycles. The highest BCUT2D eigenvalue weighted by Crippen LogP contribution is 2.23. The zero-order chi connectivity index (χ0) is 19.3. The summed E-state index contributed by atoms with van der Waals surface area (Å²) < 4.78 is 16.3. The molecule has 0 aliphatic rings. The summed E-state index contributed by atoms with van der Waals surface area (Å²) in [5, 5.41) is 6.52. The average molecular weight is 500 g/mol. The largest absolute Gasteiger partial charge is 0.497 e. The summed E-state index contributed by atoms with van der Waals surface area (Å²) in [6.45, 7) is 4.93. The van der Waals surface area contributed by atoms with Crippen LogP contribution in [-0.4, -0.2) is 44.9 Å². The SMILES string of the molecule is CCOCCCNC(=NC)NCc1ccc(Oc2cccc(OC)c2)nc1.I. The molecule has 1 aromatic heterocycles. The molecule has 2 N–H and O–H groups in total. The maximum atomic E-state index is 5.75. The fraction of sp³-hybridized carbons (Fsp3) is 0.400. The number of ether oxygens (including phenoxy) is 3. The molecule has 7 nitrogen and oxygen atoms in total. The van der Waals surface area contributed by atoms with Gasteiger partial charge in [0.15, 0.2) is 5.96 Å². The summed E-state index contributed by atoms with van der Waals surface area (Å²) in [6.07, 6.45) is 2.72. The first kappa shape index (κ1) is 24.0. The van der Waals surface area contributed by atoms with Crippen molar-refractivity contribution in [3.05, 3.63) is 48.2 Å².